The van der Waals surface area contributed by atoms with E-state index in [2.05, 4.69) is 30.8 Å². The van der Waals surface area contributed by atoms with Gasteiger partial charge >= 0.3 is 0 Å². The van der Waals surface area contributed by atoms with Gasteiger partial charge in [0.05, 0.1) is 31.5 Å². The van der Waals surface area contributed by atoms with E-state index in [1.54, 1.807) is 7.11 Å². The zero-order chi connectivity index (χ0) is 15.4. The van der Waals surface area contributed by atoms with Crippen LogP contribution >= 0.6 is 0 Å². The summed E-state index contributed by atoms with van der Waals surface area (Å²) in [5.74, 6) is 6.69. The van der Waals surface area contributed by atoms with Gasteiger partial charge in [0, 0.05) is 5.69 Å². The molecule has 21 heavy (non-hydrogen) atoms. The van der Waals surface area contributed by atoms with E-state index in [0.29, 0.717) is 6.54 Å². The smallest absolute Gasteiger partial charge is 0.134 e. The van der Waals surface area contributed by atoms with E-state index in [1.165, 1.54) is 11.3 Å². The van der Waals surface area contributed by atoms with Crippen LogP contribution < -0.4 is 10.5 Å². The Bertz CT molecular complexity index is 705. The van der Waals surface area contributed by atoms with Crippen LogP contribution in [0.2, 0.25) is 0 Å². The molecule has 0 saturated carbocycles. The van der Waals surface area contributed by atoms with Crippen LogP contribution in [0.1, 0.15) is 28.1 Å². The number of aromatic nitrogens is 2. The molecule has 2 aromatic rings. The van der Waals surface area contributed by atoms with Crippen molar-refractivity contribution in [3.05, 3.63) is 46.3 Å². The van der Waals surface area contributed by atoms with Gasteiger partial charge in [-0.05, 0) is 44.0 Å². The highest BCUT2D eigenvalue weighted by Gasteiger charge is 2.09. The molecule has 0 spiro atoms. The maximum Gasteiger partial charge on any atom is 0.134 e. The maximum absolute atomic E-state index is 5.44. The number of ether oxygens (including phenoxy) is 1. The number of methoxy groups -OCH3 is 1. The number of benzene rings is 1. The molecular weight excluding hydrogens is 262 g/mol. The second kappa shape index (κ2) is 6.47. The van der Waals surface area contributed by atoms with Crippen molar-refractivity contribution in [2.45, 2.75) is 27.3 Å². The average Bonchev–Trinajstić information content (AvgIpc) is 2.72. The topological polar surface area (TPSA) is 53.1 Å². The second-order valence-corrected chi connectivity index (χ2v) is 4.99. The molecule has 1 aromatic heterocycles. The van der Waals surface area contributed by atoms with E-state index in [0.717, 1.165) is 29.1 Å². The number of aryl methyl sites for hydroxylation is 1. The lowest BCUT2D eigenvalue weighted by Gasteiger charge is -2.08. The monoisotopic (exact) mass is 283 g/mol. The zero-order valence-corrected chi connectivity index (χ0v) is 13.0. The fraction of sp³-hybridized carbons (Fsp3) is 0.353. The summed E-state index contributed by atoms with van der Waals surface area (Å²) < 4.78 is 7.35. The minimum Gasteiger partial charge on any atom is -0.495 e. The highest BCUT2D eigenvalue weighted by Crippen LogP contribution is 2.20. The summed E-state index contributed by atoms with van der Waals surface area (Å²) in [6.07, 6.45) is 0. The molecule has 0 fully saturated rings. The summed E-state index contributed by atoms with van der Waals surface area (Å²) >= 11 is 0. The van der Waals surface area contributed by atoms with Crippen molar-refractivity contribution in [3.8, 4) is 17.6 Å². The Balaban J connectivity index is 2.34. The molecule has 0 bridgehead atoms. The van der Waals surface area contributed by atoms with Crippen molar-refractivity contribution in [1.29, 1.82) is 0 Å². The summed E-state index contributed by atoms with van der Waals surface area (Å²) in [7, 11) is 1.65. The molecule has 0 radical (unpaired) electrons. The first kappa shape index (κ1) is 15.1. The van der Waals surface area contributed by atoms with Crippen LogP contribution in [0.4, 0.5) is 0 Å². The molecule has 0 aliphatic rings. The summed E-state index contributed by atoms with van der Waals surface area (Å²) in [6, 6.07) is 6.01. The largest absolute Gasteiger partial charge is 0.495 e. The summed E-state index contributed by atoms with van der Waals surface area (Å²) in [4.78, 5) is 0. The van der Waals surface area contributed by atoms with Crippen LogP contribution in [-0.4, -0.2) is 23.4 Å². The van der Waals surface area contributed by atoms with Gasteiger partial charge in [-0.3, -0.25) is 4.68 Å². The lowest BCUT2D eigenvalue weighted by Crippen LogP contribution is -2.05. The molecule has 2 rings (SSSR count). The second-order valence-electron chi connectivity index (χ2n) is 4.99. The summed E-state index contributed by atoms with van der Waals surface area (Å²) in [6.45, 7) is 7.28. The van der Waals surface area contributed by atoms with Gasteiger partial charge in [-0.25, -0.2) is 0 Å². The maximum atomic E-state index is 5.44. The highest BCUT2D eigenvalue weighted by molar-refractivity contribution is 5.48. The first-order valence-electron chi connectivity index (χ1n) is 6.93. The fourth-order valence-electron chi connectivity index (χ4n) is 2.21. The number of nitrogens with two attached hydrogens (primary N) is 1. The van der Waals surface area contributed by atoms with E-state index in [9.17, 15) is 0 Å². The van der Waals surface area contributed by atoms with Crippen molar-refractivity contribution in [2.75, 3.05) is 13.7 Å². The van der Waals surface area contributed by atoms with Crippen molar-refractivity contribution in [2.24, 2.45) is 5.73 Å². The van der Waals surface area contributed by atoms with Gasteiger partial charge in [-0.15, -0.1) is 0 Å². The van der Waals surface area contributed by atoms with E-state index >= 15 is 0 Å². The molecule has 4 nitrogen and oxygen atoms in total. The zero-order valence-electron chi connectivity index (χ0n) is 13.0. The first-order chi connectivity index (χ1) is 10.1. The normalized spacial score (nSPS) is 10.1. The number of rotatable bonds is 3. The van der Waals surface area contributed by atoms with Crippen LogP contribution in [0, 0.1) is 32.6 Å². The Labute approximate surface area is 125 Å². The Kier molecular flexibility index (Phi) is 4.66. The van der Waals surface area contributed by atoms with Gasteiger partial charge < -0.3 is 10.5 Å². The molecule has 0 unspecified atom stereocenters. The summed E-state index contributed by atoms with van der Waals surface area (Å²) in [5.41, 5.74) is 10.9. The molecule has 0 aliphatic carbocycles. The minimum atomic E-state index is 0.337. The molecule has 0 amide bonds. The Morgan fingerprint density at radius 1 is 1.29 bits per heavy atom. The van der Waals surface area contributed by atoms with Crippen LogP contribution in [0.5, 0.6) is 5.75 Å². The van der Waals surface area contributed by atoms with Gasteiger partial charge in [-0.1, -0.05) is 17.9 Å². The Morgan fingerprint density at radius 2 is 2.05 bits per heavy atom. The van der Waals surface area contributed by atoms with Crippen molar-refractivity contribution in [3.63, 3.8) is 0 Å². The molecule has 0 aliphatic heterocycles. The third-order valence-electron chi connectivity index (χ3n) is 3.66. The van der Waals surface area contributed by atoms with E-state index < -0.39 is 0 Å². The molecule has 2 N–H and O–H groups in total. The van der Waals surface area contributed by atoms with Crippen LogP contribution in [-0.2, 0) is 6.54 Å². The van der Waals surface area contributed by atoms with E-state index in [4.69, 9.17) is 10.5 Å². The molecule has 4 heteroatoms. The SMILES string of the molecule is COc1ccc(Cn2nc(C)c(C)c2C)cc1C#CCN. The van der Waals surface area contributed by atoms with Gasteiger partial charge in [0.25, 0.3) is 0 Å². The van der Waals surface area contributed by atoms with Crippen molar-refractivity contribution < 1.29 is 4.74 Å². The summed E-state index contributed by atoms with van der Waals surface area (Å²) in [5, 5.41) is 4.57. The fourth-order valence-corrected chi connectivity index (χ4v) is 2.21. The van der Waals surface area contributed by atoms with E-state index in [-0.39, 0.29) is 0 Å². The predicted octanol–water partition coefficient (Wildman–Crippen LogP) is 2.18. The molecule has 0 atom stereocenters. The quantitative estimate of drug-likeness (QED) is 0.878. The molecule has 1 aromatic carbocycles. The third-order valence-corrected chi connectivity index (χ3v) is 3.66. The molecule has 1 heterocycles. The van der Waals surface area contributed by atoms with Crippen molar-refractivity contribution >= 4 is 0 Å². The predicted molar refractivity (Wildman–Crippen MR) is 84.5 cm³/mol. The minimum absolute atomic E-state index is 0.337. The van der Waals surface area contributed by atoms with Gasteiger partial charge in [0.1, 0.15) is 5.75 Å². The molecule has 0 saturated heterocycles. The lowest BCUT2D eigenvalue weighted by molar-refractivity contribution is 0.413. The molecular formula is C17H21N3O. The highest BCUT2D eigenvalue weighted by atomic mass is 16.5. The Morgan fingerprint density at radius 3 is 2.62 bits per heavy atom. The van der Waals surface area contributed by atoms with Crippen LogP contribution in [0.15, 0.2) is 18.2 Å². The lowest BCUT2D eigenvalue weighted by atomic mass is 10.1. The standard InChI is InChI=1S/C17H21N3O/c1-12-13(2)19-20(14(12)3)11-15-7-8-17(21-4)16(10-15)6-5-9-18/h7-8,10H,9,11,18H2,1-4H3. The first-order valence-corrected chi connectivity index (χ1v) is 6.93. The van der Waals surface area contributed by atoms with E-state index in [1.807, 2.05) is 29.8 Å². The molecule has 110 valence electrons. The van der Waals surface area contributed by atoms with Crippen LogP contribution in [0.25, 0.3) is 0 Å². The Hall–Kier alpha value is -2.25. The van der Waals surface area contributed by atoms with Crippen LogP contribution in [0.3, 0.4) is 0 Å². The van der Waals surface area contributed by atoms with Gasteiger partial charge in [0.2, 0.25) is 0 Å². The van der Waals surface area contributed by atoms with Crippen molar-refractivity contribution in [1.82, 2.24) is 9.78 Å². The number of hydrogen-bond acceptors (Lipinski definition) is 3. The average molecular weight is 283 g/mol. The van der Waals surface area contributed by atoms with Gasteiger partial charge in [-0.2, -0.15) is 5.10 Å². The number of nitrogens with zero attached hydrogens (tertiary/aromatic N) is 2. The number of hydrogen-bond donors (Lipinski definition) is 1. The third kappa shape index (κ3) is 3.26. The van der Waals surface area contributed by atoms with Gasteiger partial charge in [0.15, 0.2) is 0 Å².